The van der Waals surface area contributed by atoms with Crippen molar-refractivity contribution in [1.29, 1.82) is 0 Å². The fourth-order valence-corrected chi connectivity index (χ4v) is 16.7. The molecule has 0 amide bonds. The van der Waals surface area contributed by atoms with Crippen molar-refractivity contribution >= 4 is 27.8 Å². The van der Waals surface area contributed by atoms with Crippen LogP contribution in [0.15, 0.2) is 152 Å². The third-order valence-corrected chi connectivity index (χ3v) is 18.7. The zero-order chi connectivity index (χ0) is 40.9. The summed E-state index contributed by atoms with van der Waals surface area (Å²) in [6, 6.07) is 59.6. The van der Waals surface area contributed by atoms with E-state index in [-0.39, 0.29) is 10.8 Å². The van der Waals surface area contributed by atoms with Gasteiger partial charge in [0.15, 0.2) is 0 Å². The number of hydrogen-bond acceptors (Lipinski definition) is 1. The monoisotopic (exact) mass is 803 g/mol. The van der Waals surface area contributed by atoms with Crippen LogP contribution in [-0.4, -0.2) is 0 Å². The quantitative estimate of drug-likeness (QED) is 0.171. The van der Waals surface area contributed by atoms with Gasteiger partial charge in [0, 0.05) is 27.9 Å². The molecule has 7 aliphatic carbocycles. The lowest BCUT2D eigenvalue weighted by atomic mass is 9.49. The first-order valence-corrected chi connectivity index (χ1v) is 24.4. The summed E-state index contributed by atoms with van der Waals surface area (Å²) >= 11 is 0. The standard InChI is InChI=1S/C61H57N/c1-37-28-39-30-38(2)60(44(29-37)31-39)55-22-7-5-19-50(55)53-35-46(24-26-57(53)60)62(45-17-10-15-41(32-45)49-21-11-13-40-12-3-4-18-48(40)49)47-25-27-58-54(36-47)51-20-6-8-23-56(51)61(58)43-16-9-14-42-33-59(61)52(42)34-43/h3-8,10-13,15,17-27,32,35-39,42-44,52,59H,9,14,16,28-31,33-34H2,1-2H3/t37-,38+,39?,42?,43-,44-,52?,59-,60-,61-/m1/s1. The summed E-state index contributed by atoms with van der Waals surface area (Å²) in [6.07, 6.45) is 12.5. The van der Waals surface area contributed by atoms with Gasteiger partial charge in [-0.2, -0.15) is 0 Å². The molecule has 0 saturated heterocycles. The molecule has 0 heterocycles. The Morgan fingerprint density at radius 2 is 1.11 bits per heavy atom. The molecule has 1 heteroatoms. The summed E-state index contributed by atoms with van der Waals surface area (Å²) in [7, 11) is 0. The number of anilines is 3. The van der Waals surface area contributed by atoms with E-state index in [1.165, 1.54) is 119 Å². The summed E-state index contributed by atoms with van der Waals surface area (Å²) in [5.74, 6) is 6.37. The van der Waals surface area contributed by atoms with Crippen LogP contribution in [0.1, 0.15) is 93.9 Å². The van der Waals surface area contributed by atoms with Crippen molar-refractivity contribution in [3.05, 3.63) is 174 Å². The van der Waals surface area contributed by atoms with E-state index < -0.39 is 0 Å². The summed E-state index contributed by atoms with van der Waals surface area (Å²) < 4.78 is 0. The van der Waals surface area contributed by atoms with E-state index in [2.05, 4.69) is 170 Å². The van der Waals surface area contributed by atoms with Crippen LogP contribution in [0.4, 0.5) is 17.1 Å². The maximum atomic E-state index is 2.61. The fraction of sp³-hybridized carbons (Fsp3) is 0.344. The fourth-order valence-electron chi connectivity index (χ4n) is 16.7. The molecule has 5 fully saturated rings. The Morgan fingerprint density at radius 3 is 1.92 bits per heavy atom. The first-order chi connectivity index (χ1) is 30.5. The van der Waals surface area contributed by atoms with E-state index in [9.17, 15) is 0 Å². The highest BCUT2D eigenvalue weighted by Gasteiger charge is 2.66. The zero-order valence-corrected chi connectivity index (χ0v) is 36.4. The predicted molar refractivity (Wildman–Crippen MR) is 257 cm³/mol. The first-order valence-electron chi connectivity index (χ1n) is 24.4. The van der Waals surface area contributed by atoms with Crippen molar-refractivity contribution in [2.45, 2.75) is 82.5 Å². The van der Waals surface area contributed by atoms with Gasteiger partial charge in [0.1, 0.15) is 0 Å². The second-order valence-corrected chi connectivity index (χ2v) is 21.3. The summed E-state index contributed by atoms with van der Waals surface area (Å²) in [4.78, 5) is 2.61. The van der Waals surface area contributed by atoms with Gasteiger partial charge < -0.3 is 4.90 Å². The predicted octanol–water partition coefficient (Wildman–Crippen LogP) is 16.1. The Labute approximate surface area is 368 Å². The van der Waals surface area contributed by atoms with Crippen molar-refractivity contribution in [2.75, 3.05) is 4.90 Å². The van der Waals surface area contributed by atoms with E-state index >= 15 is 0 Å². The SMILES string of the molecule is C[C@@H]1CC2C[C@@H](C1)[C@@]1(c3ccccc3-c3cc(N(c4cccc(-c5cccc6ccccc56)c4)c4ccc5c(c4)-c4ccccc4[C@]54[C@@H]5CCCC6C[C@@H]4C6C5)ccc31)[C@@H](C)C2. The van der Waals surface area contributed by atoms with Crippen molar-refractivity contribution in [2.24, 2.45) is 47.3 Å². The molecule has 0 aromatic heterocycles. The van der Waals surface area contributed by atoms with Crippen LogP contribution in [-0.2, 0) is 10.8 Å². The van der Waals surface area contributed by atoms with Gasteiger partial charge >= 0.3 is 0 Å². The zero-order valence-electron chi connectivity index (χ0n) is 36.4. The second-order valence-electron chi connectivity index (χ2n) is 21.3. The third-order valence-electron chi connectivity index (χ3n) is 18.7. The molecule has 10 atom stereocenters. The van der Waals surface area contributed by atoms with Gasteiger partial charge in [0.2, 0.25) is 0 Å². The lowest BCUT2D eigenvalue weighted by Crippen LogP contribution is -2.49. The van der Waals surface area contributed by atoms with E-state index in [4.69, 9.17) is 0 Å². The normalized spacial score (nSPS) is 31.6. The first kappa shape index (κ1) is 36.1. The van der Waals surface area contributed by atoms with Gasteiger partial charge in [-0.15, -0.1) is 0 Å². The molecule has 306 valence electrons. The molecule has 62 heavy (non-hydrogen) atoms. The van der Waals surface area contributed by atoms with Crippen LogP contribution < -0.4 is 4.90 Å². The van der Waals surface area contributed by atoms with Gasteiger partial charge in [-0.1, -0.05) is 142 Å². The molecule has 0 radical (unpaired) electrons. The summed E-state index contributed by atoms with van der Waals surface area (Å²) in [5, 5.41) is 2.58. The number of benzene rings is 7. The molecule has 7 aliphatic rings. The molecule has 1 nitrogen and oxygen atoms in total. The minimum atomic E-state index is 0.0825. The van der Waals surface area contributed by atoms with Crippen molar-refractivity contribution < 1.29 is 0 Å². The Kier molecular flexibility index (Phi) is 7.62. The second kappa shape index (κ2) is 13.1. The topological polar surface area (TPSA) is 3.24 Å². The Balaban J connectivity index is 0.973. The molecule has 4 bridgehead atoms. The Morgan fingerprint density at radius 1 is 0.468 bits per heavy atom. The van der Waals surface area contributed by atoms with Crippen LogP contribution in [0.5, 0.6) is 0 Å². The van der Waals surface area contributed by atoms with E-state index in [1.54, 1.807) is 22.3 Å². The smallest absolute Gasteiger partial charge is 0.0468 e. The number of rotatable bonds is 4. The molecule has 3 unspecified atom stereocenters. The average Bonchev–Trinajstić information content (AvgIpc) is 3.79. The molecular weight excluding hydrogens is 747 g/mol. The molecule has 7 aromatic carbocycles. The Bertz CT molecular complexity index is 2960. The maximum Gasteiger partial charge on any atom is 0.0468 e. The van der Waals surface area contributed by atoms with Crippen LogP contribution in [0, 0.1) is 47.3 Å². The molecule has 2 spiro atoms. The largest absolute Gasteiger partial charge is 0.310 e. The lowest BCUT2D eigenvalue weighted by Gasteiger charge is -2.54. The third kappa shape index (κ3) is 4.65. The van der Waals surface area contributed by atoms with Crippen LogP contribution >= 0.6 is 0 Å². The molecule has 5 saturated carbocycles. The summed E-state index contributed by atoms with van der Waals surface area (Å²) in [6.45, 7) is 5.12. The van der Waals surface area contributed by atoms with Crippen LogP contribution in [0.2, 0.25) is 0 Å². The molecule has 0 N–H and O–H groups in total. The van der Waals surface area contributed by atoms with Crippen LogP contribution in [0.25, 0.3) is 44.2 Å². The van der Waals surface area contributed by atoms with Crippen molar-refractivity contribution in [1.82, 2.24) is 0 Å². The molecular formula is C61H57N. The van der Waals surface area contributed by atoms with Crippen molar-refractivity contribution in [3.63, 3.8) is 0 Å². The highest BCUT2D eigenvalue weighted by atomic mass is 15.1. The average molecular weight is 804 g/mol. The number of nitrogens with zero attached hydrogens (tertiary/aromatic N) is 1. The number of fused-ring (bicyclic) bond motifs is 17. The van der Waals surface area contributed by atoms with E-state index in [1.807, 2.05) is 0 Å². The van der Waals surface area contributed by atoms with Crippen molar-refractivity contribution in [3.8, 4) is 33.4 Å². The molecule has 0 aliphatic heterocycles. The van der Waals surface area contributed by atoms with E-state index in [0.29, 0.717) is 11.8 Å². The Hall–Kier alpha value is -5.40. The molecule has 14 rings (SSSR count). The highest BCUT2D eigenvalue weighted by molar-refractivity contribution is 5.98. The van der Waals surface area contributed by atoms with E-state index in [0.717, 1.165) is 35.5 Å². The maximum absolute atomic E-state index is 2.61. The van der Waals surface area contributed by atoms with Crippen LogP contribution in [0.3, 0.4) is 0 Å². The van der Waals surface area contributed by atoms with Gasteiger partial charge in [0.05, 0.1) is 0 Å². The van der Waals surface area contributed by atoms with Gasteiger partial charge in [0.25, 0.3) is 0 Å². The van der Waals surface area contributed by atoms with Gasteiger partial charge in [-0.05, 0) is 195 Å². The molecule has 7 aromatic rings. The highest BCUT2D eigenvalue weighted by Crippen LogP contribution is 2.73. The summed E-state index contributed by atoms with van der Waals surface area (Å²) in [5.41, 5.74) is 18.8. The lowest BCUT2D eigenvalue weighted by molar-refractivity contribution is 0.0426. The minimum Gasteiger partial charge on any atom is -0.310 e. The van der Waals surface area contributed by atoms with Gasteiger partial charge in [-0.25, -0.2) is 0 Å². The minimum absolute atomic E-state index is 0.0825. The number of hydrogen-bond donors (Lipinski definition) is 0. The van der Waals surface area contributed by atoms with Gasteiger partial charge in [-0.3, -0.25) is 0 Å².